The summed E-state index contributed by atoms with van der Waals surface area (Å²) in [5.74, 6) is 1.17. The van der Waals surface area contributed by atoms with Crippen molar-refractivity contribution in [1.82, 2.24) is 5.32 Å². The number of ketones is 1. The SMILES string of the molecule is CCCOc1ccc(C(=O)CCC(=O)NCC(N)C2CC2)cc1.Cl. The third-order valence-corrected chi connectivity index (χ3v) is 3.99. The van der Waals surface area contributed by atoms with E-state index < -0.39 is 0 Å². The molecule has 0 aromatic heterocycles. The number of nitrogens with one attached hydrogen (secondary N) is 1. The summed E-state index contributed by atoms with van der Waals surface area (Å²) in [6.45, 7) is 3.21. The molecule has 0 aliphatic heterocycles. The van der Waals surface area contributed by atoms with Crippen LogP contribution in [0.1, 0.15) is 49.4 Å². The highest BCUT2D eigenvalue weighted by atomic mass is 35.5. The topological polar surface area (TPSA) is 81.4 Å². The van der Waals surface area contributed by atoms with Gasteiger partial charge in [0, 0.05) is 31.0 Å². The monoisotopic (exact) mass is 354 g/mol. The van der Waals surface area contributed by atoms with Crippen LogP contribution in [-0.4, -0.2) is 30.9 Å². The van der Waals surface area contributed by atoms with E-state index in [1.165, 1.54) is 0 Å². The maximum atomic E-state index is 12.1. The van der Waals surface area contributed by atoms with Gasteiger partial charge in [0.2, 0.25) is 5.91 Å². The maximum absolute atomic E-state index is 12.1. The lowest BCUT2D eigenvalue weighted by atomic mass is 10.1. The minimum atomic E-state index is -0.114. The Morgan fingerprint density at radius 1 is 1.25 bits per heavy atom. The molecule has 134 valence electrons. The summed E-state index contributed by atoms with van der Waals surface area (Å²) in [5, 5.41) is 2.81. The number of Topliss-reactive ketones (excluding diaryl/α,β-unsaturated/α-hetero) is 1. The molecule has 0 heterocycles. The Kier molecular flexibility index (Phi) is 8.79. The predicted molar refractivity (Wildman–Crippen MR) is 96.7 cm³/mol. The van der Waals surface area contributed by atoms with Gasteiger partial charge in [-0.05, 0) is 49.4 Å². The van der Waals surface area contributed by atoms with E-state index in [9.17, 15) is 9.59 Å². The van der Waals surface area contributed by atoms with Gasteiger partial charge in [0.25, 0.3) is 0 Å². The molecule has 1 atom stereocenters. The van der Waals surface area contributed by atoms with Crippen LogP contribution in [0.5, 0.6) is 5.75 Å². The third-order valence-electron chi connectivity index (χ3n) is 3.99. The van der Waals surface area contributed by atoms with E-state index >= 15 is 0 Å². The van der Waals surface area contributed by atoms with Gasteiger partial charge in [0.1, 0.15) is 5.75 Å². The molecule has 2 rings (SSSR count). The fourth-order valence-electron chi connectivity index (χ4n) is 2.34. The van der Waals surface area contributed by atoms with Crippen LogP contribution in [0.25, 0.3) is 0 Å². The molecule has 1 fully saturated rings. The van der Waals surface area contributed by atoms with E-state index in [1.807, 2.05) is 6.92 Å². The summed E-state index contributed by atoms with van der Waals surface area (Å²) in [5.41, 5.74) is 6.54. The average Bonchev–Trinajstić information content (AvgIpc) is 3.41. The fourth-order valence-corrected chi connectivity index (χ4v) is 2.34. The number of hydrogen-bond donors (Lipinski definition) is 2. The second-order valence-corrected chi connectivity index (χ2v) is 6.10. The molecule has 0 radical (unpaired) electrons. The van der Waals surface area contributed by atoms with Crippen molar-refractivity contribution in [2.24, 2.45) is 11.7 Å². The van der Waals surface area contributed by atoms with Crippen LogP contribution in [0.3, 0.4) is 0 Å². The number of halogens is 1. The number of hydrogen-bond acceptors (Lipinski definition) is 4. The maximum Gasteiger partial charge on any atom is 0.220 e. The van der Waals surface area contributed by atoms with E-state index in [1.54, 1.807) is 24.3 Å². The number of carbonyl (C=O) groups is 2. The van der Waals surface area contributed by atoms with Gasteiger partial charge in [-0.2, -0.15) is 0 Å². The zero-order valence-electron chi connectivity index (χ0n) is 14.1. The largest absolute Gasteiger partial charge is 0.494 e. The molecule has 1 aliphatic carbocycles. The molecule has 5 nitrogen and oxygen atoms in total. The molecule has 1 saturated carbocycles. The second kappa shape index (κ2) is 10.3. The van der Waals surface area contributed by atoms with Crippen LogP contribution in [0.15, 0.2) is 24.3 Å². The molecular formula is C18H27ClN2O3. The summed E-state index contributed by atoms with van der Waals surface area (Å²) in [6.07, 6.45) is 3.67. The molecule has 1 aromatic rings. The zero-order chi connectivity index (χ0) is 16.7. The van der Waals surface area contributed by atoms with E-state index in [0.717, 1.165) is 25.0 Å². The first kappa shape index (κ1) is 20.5. The lowest BCUT2D eigenvalue weighted by Crippen LogP contribution is -2.38. The second-order valence-electron chi connectivity index (χ2n) is 6.10. The summed E-state index contributed by atoms with van der Waals surface area (Å²) in [7, 11) is 0. The summed E-state index contributed by atoms with van der Waals surface area (Å²) < 4.78 is 5.48. The van der Waals surface area contributed by atoms with Crippen molar-refractivity contribution in [2.75, 3.05) is 13.2 Å². The third kappa shape index (κ3) is 6.89. The number of nitrogens with two attached hydrogens (primary N) is 1. The minimum absolute atomic E-state index is 0. The van der Waals surface area contributed by atoms with Crippen LogP contribution in [0, 0.1) is 5.92 Å². The Hall–Kier alpha value is -1.59. The molecule has 0 saturated heterocycles. The van der Waals surface area contributed by atoms with E-state index in [4.69, 9.17) is 10.5 Å². The first-order valence-electron chi connectivity index (χ1n) is 8.38. The van der Waals surface area contributed by atoms with Gasteiger partial charge < -0.3 is 15.8 Å². The smallest absolute Gasteiger partial charge is 0.220 e. The number of ether oxygens (including phenoxy) is 1. The van der Waals surface area contributed by atoms with Gasteiger partial charge in [0.15, 0.2) is 5.78 Å². The van der Waals surface area contributed by atoms with Gasteiger partial charge in [-0.3, -0.25) is 9.59 Å². The Morgan fingerprint density at radius 2 is 1.92 bits per heavy atom. The number of carbonyl (C=O) groups excluding carboxylic acids is 2. The zero-order valence-corrected chi connectivity index (χ0v) is 14.9. The van der Waals surface area contributed by atoms with Crippen molar-refractivity contribution in [2.45, 2.75) is 45.1 Å². The minimum Gasteiger partial charge on any atom is -0.494 e. The Morgan fingerprint density at radius 3 is 2.50 bits per heavy atom. The molecule has 0 spiro atoms. The van der Waals surface area contributed by atoms with Gasteiger partial charge in [-0.25, -0.2) is 0 Å². The van der Waals surface area contributed by atoms with E-state index in [0.29, 0.717) is 24.6 Å². The summed E-state index contributed by atoms with van der Waals surface area (Å²) in [4.78, 5) is 23.8. The first-order valence-corrected chi connectivity index (χ1v) is 8.38. The van der Waals surface area contributed by atoms with Crippen molar-refractivity contribution in [3.8, 4) is 5.75 Å². The lowest BCUT2D eigenvalue weighted by Gasteiger charge is -2.11. The molecule has 1 unspecified atom stereocenters. The van der Waals surface area contributed by atoms with Gasteiger partial charge in [0.05, 0.1) is 6.61 Å². The lowest BCUT2D eigenvalue weighted by molar-refractivity contribution is -0.121. The number of rotatable bonds is 10. The van der Waals surface area contributed by atoms with Crippen molar-refractivity contribution < 1.29 is 14.3 Å². The Bertz CT molecular complexity index is 530. The van der Waals surface area contributed by atoms with Gasteiger partial charge in [-0.15, -0.1) is 12.4 Å². The van der Waals surface area contributed by atoms with Gasteiger partial charge in [-0.1, -0.05) is 6.92 Å². The predicted octanol–water partition coefficient (Wildman–Crippen LogP) is 2.71. The van der Waals surface area contributed by atoms with Crippen LogP contribution in [-0.2, 0) is 4.79 Å². The highest BCUT2D eigenvalue weighted by Gasteiger charge is 2.28. The van der Waals surface area contributed by atoms with Crippen LogP contribution in [0.2, 0.25) is 0 Å². The molecule has 1 amide bonds. The van der Waals surface area contributed by atoms with Crippen molar-refractivity contribution >= 4 is 24.1 Å². The fraction of sp³-hybridized carbons (Fsp3) is 0.556. The summed E-state index contributed by atoms with van der Waals surface area (Å²) in [6, 6.07) is 7.11. The molecule has 3 N–H and O–H groups in total. The molecule has 0 bridgehead atoms. The Balaban J connectivity index is 0.00000288. The standard InChI is InChI=1S/C18H26N2O3.ClH/c1-2-11-23-15-7-5-14(6-8-15)17(21)9-10-18(22)20-12-16(19)13-3-4-13;/h5-8,13,16H,2-4,9-12,19H2,1H3,(H,20,22);1H. The van der Waals surface area contributed by atoms with Crippen LogP contribution >= 0.6 is 12.4 Å². The number of benzene rings is 1. The highest BCUT2D eigenvalue weighted by molar-refractivity contribution is 5.98. The van der Waals surface area contributed by atoms with Crippen molar-refractivity contribution in [3.63, 3.8) is 0 Å². The first-order chi connectivity index (χ1) is 11.1. The van der Waals surface area contributed by atoms with Crippen LogP contribution in [0.4, 0.5) is 0 Å². The molecule has 24 heavy (non-hydrogen) atoms. The quantitative estimate of drug-likeness (QED) is 0.633. The molecule has 1 aliphatic rings. The molecule has 1 aromatic carbocycles. The summed E-state index contributed by atoms with van der Waals surface area (Å²) >= 11 is 0. The number of amides is 1. The van der Waals surface area contributed by atoms with E-state index in [-0.39, 0.29) is 43.0 Å². The molecule has 6 heteroatoms. The average molecular weight is 355 g/mol. The Labute approximate surface area is 149 Å². The normalized spacial score (nSPS) is 14.4. The molecular weight excluding hydrogens is 328 g/mol. The van der Waals surface area contributed by atoms with Gasteiger partial charge >= 0.3 is 0 Å². The highest BCUT2D eigenvalue weighted by Crippen LogP contribution is 2.31. The van der Waals surface area contributed by atoms with E-state index in [2.05, 4.69) is 5.32 Å². The van der Waals surface area contributed by atoms with Crippen LogP contribution < -0.4 is 15.8 Å². The van der Waals surface area contributed by atoms with Crippen molar-refractivity contribution in [3.05, 3.63) is 29.8 Å². The van der Waals surface area contributed by atoms with Crippen molar-refractivity contribution in [1.29, 1.82) is 0 Å².